The van der Waals surface area contributed by atoms with Gasteiger partial charge in [0.05, 0.1) is 12.7 Å². The van der Waals surface area contributed by atoms with E-state index in [0.717, 1.165) is 31.2 Å². The van der Waals surface area contributed by atoms with Gasteiger partial charge in [-0.2, -0.15) is 0 Å². The van der Waals surface area contributed by atoms with E-state index in [-0.39, 0.29) is 24.1 Å². The zero-order chi connectivity index (χ0) is 15.2. The monoisotopic (exact) mass is 295 g/mol. The van der Waals surface area contributed by atoms with Gasteiger partial charge in [0.2, 0.25) is 0 Å². The topological polar surface area (TPSA) is 58.6 Å². The first-order valence-corrected chi connectivity index (χ1v) is 7.36. The molecule has 0 heterocycles. The van der Waals surface area contributed by atoms with Crippen LogP contribution < -0.4 is 5.32 Å². The average molecular weight is 295 g/mol. The Morgan fingerprint density at radius 1 is 1.43 bits per heavy atom. The molecule has 1 aromatic carbocycles. The highest BCUT2D eigenvalue weighted by Gasteiger charge is 2.23. The maximum absolute atomic E-state index is 13.8. The molecule has 2 atom stereocenters. The Hall–Kier alpha value is -1.46. The van der Waals surface area contributed by atoms with Crippen LogP contribution in [0.15, 0.2) is 18.2 Å². The fourth-order valence-corrected chi connectivity index (χ4v) is 2.89. The van der Waals surface area contributed by atoms with Gasteiger partial charge in [0, 0.05) is 19.2 Å². The average Bonchev–Trinajstić information content (AvgIpc) is 2.52. The van der Waals surface area contributed by atoms with E-state index >= 15 is 0 Å². The lowest BCUT2D eigenvalue weighted by molar-refractivity contribution is 0.0595. The first-order chi connectivity index (χ1) is 10.2. The number of nitrogens with one attached hydrogen (secondary N) is 1. The second-order valence-corrected chi connectivity index (χ2v) is 5.52. The molecule has 116 valence electrons. The van der Waals surface area contributed by atoms with E-state index in [1.807, 2.05) is 0 Å². The van der Waals surface area contributed by atoms with E-state index in [1.165, 1.54) is 19.2 Å². The number of methoxy groups -OCH3 is 1. The number of esters is 1. The summed E-state index contributed by atoms with van der Waals surface area (Å²) in [6.07, 6.45) is 4.38. The number of benzene rings is 1. The van der Waals surface area contributed by atoms with Crippen LogP contribution in [-0.2, 0) is 11.3 Å². The van der Waals surface area contributed by atoms with E-state index in [1.54, 1.807) is 6.07 Å². The first-order valence-electron chi connectivity index (χ1n) is 7.36. The van der Waals surface area contributed by atoms with Crippen LogP contribution in [0.1, 0.15) is 41.6 Å². The standard InChI is InChI=1S/C16H22FNO3/c1-21-16(20)13-7-6-11(8-14(13)17)9-18-15-5-3-2-4-12(15)10-19/h6-8,12,15,18-19H,2-5,9-10H2,1H3. The molecule has 1 aliphatic carbocycles. The number of aliphatic hydroxyl groups excluding tert-OH is 1. The quantitative estimate of drug-likeness (QED) is 0.818. The number of ether oxygens (including phenoxy) is 1. The van der Waals surface area contributed by atoms with Gasteiger partial charge in [-0.15, -0.1) is 0 Å². The maximum atomic E-state index is 13.8. The molecule has 1 saturated carbocycles. The zero-order valence-corrected chi connectivity index (χ0v) is 12.3. The van der Waals surface area contributed by atoms with Crippen LogP contribution in [0.5, 0.6) is 0 Å². The molecular weight excluding hydrogens is 273 g/mol. The van der Waals surface area contributed by atoms with Gasteiger partial charge in [0.15, 0.2) is 0 Å². The van der Waals surface area contributed by atoms with Gasteiger partial charge in [-0.25, -0.2) is 9.18 Å². The molecule has 2 N–H and O–H groups in total. The van der Waals surface area contributed by atoms with Gasteiger partial charge in [-0.3, -0.25) is 0 Å². The smallest absolute Gasteiger partial charge is 0.340 e. The summed E-state index contributed by atoms with van der Waals surface area (Å²) in [5.74, 6) is -0.957. The molecule has 2 unspecified atom stereocenters. The lowest BCUT2D eigenvalue weighted by Gasteiger charge is -2.31. The van der Waals surface area contributed by atoms with Crippen molar-refractivity contribution in [2.75, 3.05) is 13.7 Å². The number of hydrogen-bond donors (Lipinski definition) is 2. The molecule has 4 nitrogen and oxygen atoms in total. The molecule has 0 saturated heterocycles. The molecule has 0 aromatic heterocycles. The largest absolute Gasteiger partial charge is 0.465 e. The third-order valence-electron chi connectivity index (χ3n) is 4.15. The Labute approximate surface area is 124 Å². The molecule has 1 fully saturated rings. The third kappa shape index (κ3) is 4.02. The van der Waals surface area contributed by atoms with Crippen LogP contribution in [0.25, 0.3) is 0 Å². The summed E-state index contributed by atoms with van der Waals surface area (Å²) < 4.78 is 18.3. The molecule has 0 spiro atoms. The number of carbonyl (C=O) groups excluding carboxylic acids is 1. The zero-order valence-electron chi connectivity index (χ0n) is 12.3. The van der Waals surface area contributed by atoms with Crippen LogP contribution in [0.3, 0.4) is 0 Å². The molecule has 0 bridgehead atoms. The highest BCUT2D eigenvalue weighted by Crippen LogP contribution is 2.24. The van der Waals surface area contributed by atoms with E-state index in [9.17, 15) is 14.3 Å². The van der Waals surface area contributed by atoms with Crippen molar-refractivity contribution < 1.29 is 19.0 Å². The fourth-order valence-electron chi connectivity index (χ4n) is 2.89. The van der Waals surface area contributed by atoms with E-state index in [2.05, 4.69) is 10.1 Å². The minimum absolute atomic E-state index is 0.0489. The van der Waals surface area contributed by atoms with Crippen molar-refractivity contribution in [3.63, 3.8) is 0 Å². The number of hydrogen-bond acceptors (Lipinski definition) is 4. The summed E-state index contributed by atoms with van der Waals surface area (Å²) in [7, 11) is 1.23. The fraction of sp³-hybridized carbons (Fsp3) is 0.562. The highest BCUT2D eigenvalue weighted by atomic mass is 19.1. The van der Waals surface area contributed by atoms with Gasteiger partial charge >= 0.3 is 5.97 Å². The summed E-state index contributed by atoms with van der Waals surface area (Å²) in [5.41, 5.74) is 0.731. The van der Waals surface area contributed by atoms with Crippen molar-refractivity contribution in [2.45, 2.75) is 38.3 Å². The van der Waals surface area contributed by atoms with Crippen molar-refractivity contribution in [3.05, 3.63) is 35.1 Å². The molecule has 21 heavy (non-hydrogen) atoms. The van der Waals surface area contributed by atoms with E-state index < -0.39 is 11.8 Å². The van der Waals surface area contributed by atoms with Gasteiger partial charge in [0.1, 0.15) is 5.82 Å². The first kappa shape index (κ1) is 15.9. The van der Waals surface area contributed by atoms with Crippen molar-refractivity contribution in [1.29, 1.82) is 0 Å². The second-order valence-electron chi connectivity index (χ2n) is 5.52. The summed E-state index contributed by atoms with van der Waals surface area (Å²) in [6.45, 7) is 0.715. The van der Waals surface area contributed by atoms with E-state index in [0.29, 0.717) is 6.54 Å². The number of carbonyl (C=O) groups is 1. The predicted molar refractivity (Wildman–Crippen MR) is 77.4 cm³/mol. The number of aliphatic hydroxyl groups is 1. The van der Waals surface area contributed by atoms with E-state index in [4.69, 9.17) is 0 Å². The normalized spacial score (nSPS) is 22.0. The molecule has 5 heteroatoms. The maximum Gasteiger partial charge on any atom is 0.340 e. The number of halogens is 1. The molecular formula is C16H22FNO3. The van der Waals surface area contributed by atoms with Crippen molar-refractivity contribution in [1.82, 2.24) is 5.32 Å². The summed E-state index contributed by atoms with van der Waals surface area (Å²) in [4.78, 5) is 11.3. The predicted octanol–water partition coefficient (Wildman–Crippen LogP) is 2.25. The summed E-state index contributed by atoms with van der Waals surface area (Å²) >= 11 is 0. The Balaban J connectivity index is 1.97. The Morgan fingerprint density at radius 2 is 2.19 bits per heavy atom. The Morgan fingerprint density at radius 3 is 2.86 bits per heavy atom. The third-order valence-corrected chi connectivity index (χ3v) is 4.15. The second kappa shape index (κ2) is 7.52. The lowest BCUT2D eigenvalue weighted by atomic mass is 9.85. The summed E-state index contributed by atoms with van der Waals surface area (Å²) in [5, 5.41) is 12.8. The van der Waals surface area contributed by atoms with Crippen molar-refractivity contribution in [2.24, 2.45) is 5.92 Å². The molecule has 1 aliphatic rings. The van der Waals surface area contributed by atoms with Crippen LogP contribution in [0.4, 0.5) is 4.39 Å². The molecule has 2 rings (SSSR count). The Bertz CT molecular complexity index is 492. The van der Waals surface area contributed by atoms with Gasteiger partial charge in [-0.1, -0.05) is 18.9 Å². The lowest BCUT2D eigenvalue weighted by Crippen LogP contribution is -2.39. The number of rotatable bonds is 5. The van der Waals surface area contributed by atoms with Crippen LogP contribution in [-0.4, -0.2) is 30.8 Å². The Kier molecular flexibility index (Phi) is 5.70. The molecule has 0 radical (unpaired) electrons. The van der Waals surface area contributed by atoms with Gasteiger partial charge < -0.3 is 15.2 Å². The minimum atomic E-state index is -0.667. The molecule has 0 amide bonds. The molecule has 0 aliphatic heterocycles. The summed E-state index contributed by atoms with van der Waals surface area (Å²) in [6, 6.07) is 4.80. The van der Waals surface area contributed by atoms with Crippen LogP contribution >= 0.6 is 0 Å². The van der Waals surface area contributed by atoms with Crippen LogP contribution in [0.2, 0.25) is 0 Å². The molecule has 1 aromatic rings. The minimum Gasteiger partial charge on any atom is -0.465 e. The van der Waals surface area contributed by atoms with Crippen LogP contribution in [0, 0.1) is 11.7 Å². The van der Waals surface area contributed by atoms with Gasteiger partial charge in [0.25, 0.3) is 0 Å². The highest BCUT2D eigenvalue weighted by molar-refractivity contribution is 5.89. The SMILES string of the molecule is COC(=O)c1ccc(CNC2CCCCC2CO)cc1F. The van der Waals surface area contributed by atoms with Crippen molar-refractivity contribution in [3.8, 4) is 0 Å². The van der Waals surface area contributed by atoms with Crippen molar-refractivity contribution >= 4 is 5.97 Å². The van der Waals surface area contributed by atoms with Gasteiger partial charge in [-0.05, 0) is 36.5 Å².